The van der Waals surface area contributed by atoms with Gasteiger partial charge >= 0.3 is 5.69 Å². The molecule has 0 amide bonds. The Morgan fingerprint density at radius 2 is 2.33 bits per heavy atom. The lowest BCUT2D eigenvalue weighted by Gasteiger charge is -2.17. The molecule has 0 spiro atoms. The van der Waals surface area contributed by atoms with Crippen molar-refractivity contribution in [1.82, 2.24) is 9.97 Å². The molecule has 0 atom stereocenters. The molecular formula is C13H17N5O3. The summed E-state index contributed by atoms with van der Waals surface area (Å²) in [6, 6.07) is 3.57. The number of nitrogens with one attached hydrogen (secondary N) is 1. The number of aromatic nitrogens is 2. The Morgan fingerprint density at radius 3 is 2.95 bits per heavy atom. The van der Waals surface area contributed by atoms with Crippen LogP contribution in [-0.2, 0) is 6.54 Å². The summed E-state index contributed by atoms with van der Waals surface area (Å²) >= 11 is 0. The van der Waals surface area contributed by atoms with Crippen LogP contribution >= 0.6 is 0 Å². The predicted molar refractivity (Wildman–Crippen MR) is 78.3 cm³/mol. The molecule has 0 fully saturated rings. The van der Waals surface area contributed by atoms with Crippen LogP contribution in [0.4, 0.5) is 17.5 Å². The summed E-state index contributed by atoms with van der Waals surface area (Å²) in [5.41, 5.74) is -0.133. The van der Waals surface area contributed by atoms with E-state index in [0.29, 0.717) is 24.8 Å². The van der Waals surface area contributed by atoms with Gasteiger partial charge in [0.1, 0.15) is 12.0 Å². The molecule has 0 radical (unpaired) electrons. The van der Waals surface area contributed by atoms with Crippen molar-refractivity contribution < 1.29 is 9.34 Å². The largest absolute Gasteiger partial charge is 0.467 e. The van der Waals surface area contributed by atoms with Crippen LogP contribution in [0.5, 0.6) is 0 Å². The van der Waals surface area contributed by atoms with E-state index in [-0.39, 0.29) is 11.5 Å². The first-order valence-electron chi connectivity index (χ1n) is 6.60. The van der Waals surface area contributed by atoms with Gasteiger partial charge in [-0.1, -0.05) is 6.92 Å². The molecule has 0 aliphatic heterocycles. The topological polar surface area (TPSA) is 97.3 Å². The number of nitro groups is 1. The smallest absolute Gasteiger partial charge is 0.329 e. The van der Waals surface area contributed by atoms with Crippen LogP contribution in [0.3, 0.4) is 0 Å². The first-order chi connectivity index (χ1) is 10.1. The molecule has 0 aromatic carbocycles. The second-order valence-electron chi connectivity index (χ2n) is 4.52. The van der Waals surface area contributed by atoms with Gasteiger partial charge in [0.25, 0.3) is 0 Å². The maximum Gasteiger partial charge on any atom is 0.329 e. The van der Waals surface area contributed by atoms with Crippen molar-refractivity contribution in [3.05, 3.63) is 40.5 Å². The van der Waals surface area contributed by atoms with Crippen LogP contribution in [-0.4, -0.2) is 28.5 Å². The lowest BCUT2D eigenvalue weighted by atomic mass is 10.4. The highest BCUT2D eigenvalue weighted by molar-refractivity contribution is 5.58. The molecule has 0 aliphatic rings. The third-order valence-corrected chi connectivity index (χ3v) is 2.81. The number of nitrogens with zero attached hydrogens (tertiary/aromatic N) is 4. The Morgan fingerprint density at radius 1 is 1.52 bits per heavy atom. The lowest BCUT2D eigenvalue weighted by molar-refractivity contribution is -0.384. The average Bonchev–Trinajstić information content (AvgIpc) is 2.97. The fraction of sp³-hybridized carbons (Fsp3) is 0.385. The summed E-state index contributed by atoms with van der Waals surface area (Å²) in [4.78, 5) is 20.5. The summed E-state index contributed by atoms with van der Waals surface area (Å²) in [5.74, 6) is 1.34. The van der Waals surface area contributed by atoms with E-state index in [9.17, 15) is 10.1 Å². The number of furan rings is 1. The van der Waals surface area contributed by atoms with Gasteiger partial charge in [-0.05, 0) is 18.6 Å². The van der Waals surface area contributed by atoms with E-state index < -0.39 is 4.92 Å². The van der Waals surface area contributed by atoms with Gasteiger partial charge < -0.3 is 14.6 Å². The van der Waals surface area contributed by atoms with E-state index in [2.05, 4.69) is 15.3 Å². The van der Waals surface area contributed by atoms with Crippen molar-refractivity contribution in [2.24, 2.45) is 0 Å². The van der Waals surface area contributed by atoms with Crippen LogP contribution in [0.2, 0.25) is 0 Å². The number of hydrogen-bond donors (Lipinski definition) is 1. The molecule has 2 heterocycles. The second-order valence-corrected chi connectivity index (χ2v) is 4.52. The molecule has 21 heavy (non-hydrogen) atoms. The highest BCUT2D eigenvalue weighted by Crippen LogP contribution is 2.26. The average molecular weight is 291 g/mol. The maximum absolute atomic E-state index is 11.1. The zero-order valence-corrected chi connectivity index (χ0v) is 11.9. The van der Waals surface area contributed by atoms with Crippen molar-refractivity contribution in [1.29, 1.82) is 0 Å². The van der Waals surface area contributed by atoms with Crippen LogP contribution < -0.4 is 10.2 Å². The van der Waals surface area contributed by atoms with Gasteiger partial charge in [-0.3, -0.25) is 10.1 Å². The summed E-state index contributed by atoms with van der Waals surface area (Å²) < 4.78 is 5.25. The van der Waals surface area contributed by atoms with Crippen LogP contribution in [0, 0.1) is 10.1 Å². The van der Waals surface area contributed by atoms with E-state index in [1.807, 2.05) is 6.92 Å². The lowest BCUT2D eigenvalue weighted by Crippen LogP contribution is -2.20. The number of anilines is 2. The molecule has 112 valence electrons. The number of hydrogen-bond acceptors (Lipinski definition) is 7. The van der Waals surface area contributed by atoms with Crippen molar-refractivity contribution in [2.45, 2.75) is 19.9 Å². The van der Waals surface area contributed by atoms with E-state index >= 15 is 0 Å². The second kappa shape index (κ2) is 6.69. The summed E-state index contributed by atoms with van der Waals surface area (Å²) in [6.07, 6.45) is 3.70. The highest BCUT2D eigenvalue weighted by Gasteiger charge is 2.21. The molecular weight excluding hydrogens is 274 g/mol. The van der Waals surface area contributed by atoms with E-state index in [1.54, 1.807) is 30.3 Å². The molecule has 8 heteroatoms. The van der Waals surface area contributed by atoms with Crippen LogP contribution in [0.15, 0.2) is 29.0 Å². The minimum absolute atomic E-state index is 0.133. The van der Waals surface area contributed by atoms with Crippen LogP contribution in [0.1, 0.15) is 19.1 Å². The van der Waals surface area contributed by atoms with Crippen molar-refractivity contribution in [3.63, 3.8) is 0 Å². The quantitative estimate of drug-likeness (QED) is 0.618. The normalized spacial score (nSPS) is 10.4. The van der Waals surface area contributed by atoms with E-state index in [4.69, 9.17) is 4.42 Å². The van der Waals surface area contributed by atoms with Crippen molar-refractivity contribution in [3.8, 4) is 0 Å². The summed E-state index contributed by atoms with van der Waals surface area (Å²) in [5, 5.41) is 14.1. The van der Waals surface area contributed by atoms with E-state index in [0.717, 1.165) is 6.42 Å². The Bertz CT molecular complexity index is 600. The van der Waals surface area contributed by atoms with Crippen LogP contribution in [0.25, 0.3) is 0 Å². The monoisotopic (exact) mass is 291 g/mol. The Hall–Kier alpha value is -2.64. The molecule has 0 saturated carbocycles. The molecule has 2 aromatic rings. The fourth-order valence-corrected chi connectivity index (χ4v) is 1.81. The van der Waals surface area contributed by atoms with Gasteiger partial charge in [0.15, 0.2) is 0 Å². The molecule has 8 nitrogen and oxygen atoms in total. The summed E-state index contributed by atoms with van der Waals surface area (Å²) in [7, 11) is 1.72. The Balaban J connectivity index is 2.26. The minimum atomic E-state index is -0.489. The molecule has 0 unspecified atom stereocenters. The van der Waals surface area contributed by atoms with Crippen molar-refractivity contribution in [2.75, 3.05) is 23.8 Å². The molecule has 2 rings (SSSR count). The summed E-state index contributed by atoms with van der Waals surface area (Å²) in [6.45, 7) is 3.11. The number of rotatable bonds is 7. The third-order valence-electron chi connectivity index (χ3n) is 2.81. The standard InChI is InChI=1S/C13H17N5O3/c1-3-6-14-13-15-8-11(18(19)20)12(16-13)17(2)9-10-5-4-7-21-10/h4-5,7-8H,3,6,9H2,1-2H3,(H,14,15,16). The minimum Gasteiger partial charge on any atom is -0.467 e. The zero-order chi connectivity index (χ0) is 15.2. The first kappa shape index (κ1) is 14.8. The van der Waals surface area contributed by atoms with Gasteiger partial charge in [-0.25, -0.2) is 4.98 Å². The molecule has 0 bridgehead atoms. The molecule has 1 N–H and O–H groups in total. The zero-order valence-electron chi connectivity index (χ0n) is 11.9. The Labute approximate surface area is 122 Å². The first-order valence-corrected chi connectivity index (χ1v) is 6.60. The molecule has 2 aromatic heterocycles. The SMILES string of the molecule is CCCNc1ncc([N+](=O)[O-])c(N(C)Cc2ccco2)n1. The van der Waals surface area contributed by atoms with Crippen molar-refractivity contribution >= 4 is 17.5 Å². The van der Waals surface area contributed by atoms with Gasteiger partial charge in [-0.15, -0.1) is 0 Å². The highest BCUT2D eigenvalue weighted by atomic mass is 16.6. The van der Waals surface area contributed by atoms with Gasteiger partial charge in [0.2, 0.25) is 11.8 Å². The van der Waals surface area contributed by atoms with E-state index in [1.165, 1.54) is 6.20 Å². The predicted octanol–water partition coefficient (Wildman–Crippen LogP) is 2.44. The van der Waals surface area contributed by atoms with Gasteiger partial charge in [-0.2, -0.15) is 4.98 Å². The van der Waals surface area contributed by atoms with Gasteiger partial charge in [0.05, 0.1) is 17.7 Å². The maximum atomic E-state index is 11.1. The molecule has 0 aliphatic carbocycles. The van der Waals surface area contributed by atoms with Gasteiger partial charge in [0, 0.05) is 13.6 Å². The fourth-order valence-electron chi connectivity index (χ4n) is 1.81. The Kier molecular flexibility index (Phi) is 4.70. The molecule has 0 saturated heterocycles. The third kappa shape index (κ3) is 3.68.